The summed E-state index contributed by atoms with van der Waals surface area (Å²) < 4.78 is 22.7. The van der Waals surface area contributed by atoms with Crippen LogP contribution in [-0.2, 0) is 11.3 Å². The molecule has 2 rings (SSSR count). The van der Waals surface area contributed by atoms with E-state index in [0.29, 0.717) is 12.3 Å². The molecule has 0 amide bonds. The standard InChI is InChI=1S/C15H16FNO3/c1-10(11-3-5-12(16)6-4-11)17-9-13-7-8-14(20-13)15(18)19-2/h3-8,10,17H,9H2,1-2H3. The van der Waals surface area contributed by atoms with Crippen molar-refractivity contribution in [3.05, 3.63) is 59.3 Å². The van der Waals surface area contributed by atoms with Crippen LogP contribution in [0.2, 0.25) is 0 Å². The van der Waals surface area contributed by atoms with Gasteiger partial charge in [-0.05, 0) is 36.8 Å². The molecule has 1 aromatic heterocycles. The maximum atomic E-state index is 12.8. The van der Waals surface area contributed by atoms with E-state index >= 15 is 0 Å². The fourth-order valence-electron chi connectivity index (χ4n) is 1.81. The third-order valence-corrected chi connectivity index (χ3v) is 3.00. The van der Waals surface area contributed by atoms with Crippen molar-refractivity contribution in [2.24, 2.45) is 0 Å². The fourth-order valence-corrected chi connectivity index (χ4v) is 1.81. The molecule has 20 heavy (non-hydrogen) atoms. The SMILES string of the molecule is COC(=O)c1ccc(CNC(C)c2ccc(F)cc2)o1. The summed E-state index contributed by atoms with van der Waals surface area (Å²) in [6.45, 7) is 2.44. The lowest BCUT2D eigenvalue weighted by atomic mass is 10.1. The van der Waals surface area contributed by atoms with Crippen molar-refractivity contribution < 1.29 is 18.3 Å². The van der Waals surface area contributed by atoms with Gasteiger partial charge in [0.05, 0.1) is 13.7 Å². The number of hydrogen-bond donors (Lipinski definition) is 1. The van der Waals surface area contributed by atoms with E-state index in [0.717, 1.165) is 5.56 Å². The van der Waals surface area contributed by atoms with E-state index in [1.807, 2.05) is 6.92 Å². The van der Waals surface area contributed by atoms with Gasteiger partial charge in [0.2, 0.25) is 5.76 Å². The Bertz CT molecular complexity index is 577. The fraction of sp³-hybridized carbons (Fsp3) is 0.267. The van der Waals surface area contributed by atoms with Gasteiger partial charge in [0.25, 0.3) is 0 Å². The maximum Gasteiger partial charge on any atom is 0.373 e. The van der Waals surface area contributed by atoms with Crippen LogP contribution in [0.5, 0.6) is 0 Å². The van der Waals surface area contributed by atoms with Crippen LogP contribution in [0.1, 0.15) is 34.8 Å². The van der Waals surface area contributed by atoms with Gasteiger partial charge in [0, 0.05) is 6.04 Å². The van der Waals surface area contributed by atoms with E-state index < -0.39 is 5.97 Å². The molecule has 0 fully saturated rings. The lowest BCUT2D eigenvalue weighted by molar-refractivity contribution is 0.0563. The van der Waals surface area contributed by atoms with Crippen LogP contribution in [0.4, 0.5) is 4.39 Å². The molecule has 1 unspecified atom stereocenters. The molecule has 1 N–H and O–H groups in total. The van der Waals surface area contributed by atoms with E-state index in [4.69, 9.17) is 4.42 Å². The first-order chi connectivity index (χ1) is 9.60. The zero-order valence-corrected chi connectivity index (χ0v) is 11.4. The molecule has 2 aromatic rings. The summed E-state index contributed by atoms with van der Waals surface area (Å²) in [4.78, 5) is 11.2. The van der Waals surface area contributed by atoms with E-state index in [-0.39, 0.29) is 17.6 Å². The van der Waals surface area contributed by atoms with Crippen LogP contribution in [-0.4, -0.2) is 13.1 Å². The predicted octanol–water partition coefficient (Wildman–Crippen LogP) is 3.06. The van der Waals surface area contributed by atoms with Crippen LogP contribution >= 0.6 is 0 Å². The molecule has 1 atom stereocenters. The number of nitrogens with one attached hydrogen (secondary N) is 1. The monoisotopic (exact) mass is 277 g/mol. The van der Waals surface area contributed by atoms with Crippen molar-refractivity contribution in [2.45, 2.75) is 19.5 Å². The quantitative estimate of drug-likeness (QED) is 0.853. The molecule has 0 saturated carbocycles. The van der Waals surface area contributed by atoms with Gasteiger partial charge in [-0.1, -0.05) is 12.1 Å². The smallest absolute Gasteiger partial charge is 0.373 e. The summed E-state index contributed by atoms with van der Waals surface area (Å²) in [6.07, 6.45) is 0. The highest BCUT2D eigenvalue weighted by Gasteiger charge is 2.12. The molecule has 1 aromatic carbocycles. The Labute approximate surface area is 116 Å². The van der Waals surface area contributed by atoms with Crippen molar-refractivity contribution >= 4 is 5.97 Å². The van der Waals surface area contributed by atoms with E-state index in [1.54, 1.807) is 24.3 Å². The molecule has 106 valence electrons. The van der Waals surface area contributed by atoms with E-state index in [1.165, 1.54) is 19.2 Å². The van der Waals surface area contributed by atoms with Crippen molar-refractivity contribution in [3.63, 3.8) is 0 Å². The Morgan fingerprint density at radius 2 is 2.00 bits per heavy atom. The normalized spacial score (nSPS) is 12.2. The van der Waals surface area contributed by atoms with E-state index in [9.17, 15) is 9.18 Å². The van der Waals surface area contributed by atoms with Crippen LogP contribution in [0, 0.1) is 5.82 Å². The topological polar surface area (TPSA) is 51.5 Å². The predicted molar refractivity (Wildman–Crippen MR) is 71.7 cm³/mol. The third kappa shape index (κ3) is 3.45. The Balaban J connectivity index is 1.93. The highest BCUT2D eigenvalue weighted by Crippen LogP contribution is 2.15. The molecule has 1 heterocycles. The first-order valence-electron chi connectivity index (χ1n) is 6.26. The minimum atomic E-state index is -0.497. The number of carbonyl (C=O) groups is 1. The molecular formula is C15H16FNO3. The number of hydrogen-bond acceptors (Lipinski definition) is 4. The van der Waals surface area contributed by atoms with Gasteiger partial charge >= 0.3 is 5.97 Å². The second-order valence-corrected chi connectivity index (χ2v) is 4.41. The molecular weight excluding hydrogens is 261 g/mol. The summed E-state index contributed by atoms with van der Waals surface area (Å²) in [5.74, 6) is 0.0654. The largest absolute Gasteiger partial charge is 0.463 e. The number of methoxy groups -OCH3 is 1. The summed E-state index contributed by atoms with van der Waals surface area (Å²) in [5, 5.41) is 3.24. The van der Waals surface area contributed by atoms with Gasteiger partial charge in [0.15, 0.2) is 0 Å². The highest BCUT2D eigenvalue weighted by molar-refractivity contribution is 5.86. The van der Waals surface area contributed by atoms with Crippen LogP contribution in [0.15, 0.2) is 40.8 Å². The number of halogens is 1. The molecule has 5 heteroatoms. The highest BCUT2D eigenvalue weighted by atomic mass is 19.1. The number of esters is 1. The van der Waals surface area contributed by atoms with Crippen molar-refractivity contribution in [1.29, 1.82) is 0 Å². The molecule has 0 aliphatic heterocycles. The minimum absolute atomic E-state index is 0.0438. The number of ether oxygens (including phenoxy) is 1. The van der Waals surface area contributed by atoms with Crippen LogP contribution < -0.4 is 5.32 Å². The van der Waals surface area contributed by atoms with Gasteiger partial charge in [-0.25, -0.2) is 9.18 Å². The Hall–Kier alpha value is -2.14. The summed E-state index contributed by atoms with van der Waals surface area (Å²) >= 11 is 0. The average Bonchev–Trinajstić information content (AvgIpc) is 2.93. The lowest BCUT2D eigenvalue weighted by Gasteiger charge is -2.13. The van der Waals surface area contributed by atoms with Crippen LogP contribution in [0.25, 0.3) is 0 Å². The molecule has 0 radical (unpaired) electrons. The third-order valence-electron chi connectivity index (χ3n) is 3.00. The Morgan fingerprint density at radius 1 is 1.30 bits per heavy atom. The van der Waals surface area contributed by atoms with Gasteiger partial charge < -0.3 is 14.5 Å². The first-order valence-corrected chi connectivity index (χ1v) is 6.26. The Kier molecular flexibility index (Phi) is 4.53. The van der Waals surface area contributed by atoms with Crippen molar-refractivity contribution in [2.75, 3.05) is 7.11 Å². The zero-order valence-electron chi connectivity index (χ0n) is 11.4. The molecule has 4 nitrogen and oxygen atoms in total. The number of benzene rings is 1. The van der Waals surface area contributed by atoms with Gasteiger partial charge in [-0.2, -0.15) is 0 Å². The van der Waals surface area contributed by atoms with Gasteiger partial charge in [-0.3, -0.25) is 0 Å². The van der Waals surface area contributed by atoms with Crippen LogP contribution in [0.3, 0.4) is 0 Å². The summed E-state index contributed by atoms with van der Waals surface area (Å²) in [6, 6.07) is 9.65. The first kappa shape index (κ1) is 14.3. The molecule has 0 saturated heterocycles. The molecule has 0 aliphatic rings. The van der Waals surface area contributed by atoms with Crippen molar-refractivity contribution in [3.8, 4) is 0 Å². The lowest BCUT2D eigenvalue weighted by Crippen LogP contribution is -2.17. The molecule has 0 aliphatic carbocycles. The second-order valence-electron chi connectivity index (χ2n) is 4.41. The average molecular weight is 277 g/mol. The summed E-state index contributed by atoms with van der Waals surface area (Å²) in [5.41, 5.74) is 0.978. The second kappa shape index (κ2) is 6.34. The summed E-state index contributed by atoms with van der Waals surface area (Å²) in [7, 11) is 1.30. The van der Waals surface area contributed by atoms with Crippen molar-refractivity contribution in [1.82, 2.24) is 5.32 Å². The van der Waals surface area contributed by atoms with Gasteiger partial charge in [0.1, 0.15) is 11.6 Å². The van der Waals surface area contributed by atoms with E-state index in [2.05, 4.69) is 10.1 Å². The molecule has 0 bridgehead atoms. The minimum Gasteiger partial charge on any atom is -0.463 e. The Morgan fingerprint density at radius 3 is 2.65 bits per heavy atom. The number of rotatable bonds is 5. The zero-order chi connectivity index (χ0) is 14.5. The molecule has 0 spiro atoms. The maximum absolute atomic E-state index is 12.8. The number of furan rings is 1. The van der Waals surface area contributed by atoms with Gasteiger partial charge in [-0.15, -0.1) is 0 Å². The number of carbonyl (C=O) groups excluding carboxylic acids is 1.